The van der Waals surface area contributed by atoms with E-state index in [9.17, 15) is 4.79 Å². The summed E-state index contributed by atoms with van der Waals surface area (Å²) in [6, 6.07) is 16.0. The lowest BCUT2D eigenvalue weighted by Crippen LogP contribution is -2.07. The highest BCUT2D eigenvalue weighted by Crippen LogP contribution is 2.22. The summed E-state index contributed by atoms with van der Waals surface area (Å²) in [5.74, 6) is 0.314. The number of nitrogens with one attached hydrogen (secondary N) is 1. The van der Waals surface area contributed by atoms with Gasteiger partial charge < -0.3 is 0 Å². The number of benzene rings is 2. The van der Waals surface area contributed by atoms with Crippen molar-refractivity contribution in [1.29, 1.82) is 0 Å². The first-order valence-electron chi connectivity index (χ1n) is 8.78. The van der Waals surface area contributed by atoms with Gasteiger partial charge >= 0.3 is 0 Å². The van der Waals surface area contributed by atoms with Crippen LogP contribution in [0.25, 0.3) is 6.08 Å². The molecule has 0 aliphatic heterocycles. The molecule has 138 valence electrons. The Bertz CT molecular complexity index is 928. The molecule has 0 aliphatic carbocycles. The molecule has 0 aliphatic rings. The lowest BCUT2D eigenvalue weighted by atomic mass is 10.0. The Morgan fingerprint density at radius 1 is 1.15 bits per heavy atom. The first-order chi connectivity index (χ1) is 13.0. The Balaban J connectivity index is 1.56. The van der Waals surface area contributed by atoms with E-state index in [2.05, 4.69) is 36.3 Å². The summed E-state index contributed by atoms with van der Waals surface area (Å²) in [6.45, 7) is 4.32. The second-order valence-electron chi connectivity index (χ2n) is 6.58. The van der Waals surface area contributed by atoms with Crippen LogP contribution >= 0.6 is 22.9 Å². The van der Waals surface area contributed by atoms with E-state index in [1.807, 2.05) is 42.5 Å². The molecule has 0 bridgehead atoms. The molecular weight excluding hydrogens is 376 g/mol. The molecule has 1 heterocycles. The third-order valence-electron chi connectivity index (χ3n) is 4.11. The molecule has 2 aromatic carbocycles. The summed E-state index contributed by atoms with van der Waals surface area (Å²) in [5.41, 5.74) is 3.44. The van der Waals surface area contributed by atoms with Crippen molar-refractivity contribution in [2.24, 2.45) is 0 Å². The summed E-state index contributed by atoms with van der Waals surface area (Å²) in [5, 5.41) is 4.14. The Hall–Kier alpha value is -2.43. The lowest BCUT2D eigenvalue weighted by Gasteiger charge is -2.04. The van der Waals surface area contributed by atoms with Gasteiger partial charge in [-0.15, -0.1) is 11.3 Å². The minimum Gasteiger partial charge on any atom is -0.298 e. The second kappa shape index (κ2) is 8.98. The fourth-order valence-corrected chi connectivity index (χ4v) is 3.54. The third kappa shape index (κ3) is 5.78. The van der Waals surface area contributed by atoms with Gasteiger partial charge in [0.2, 0.25) is 5.91 Å². The van der Waals surface area contributed by atoms with Gasteiger partial charge in [0.1, 0.15) is 0 Å². The number of anilines is 1. The van der Waals surface area contributed by atoms with E-state index in [4.69, 9.17) is 11.6 Å². The van der Waals surface area contributed by atoms with E-state index in [1.165, 1.54) is 23.0 Å². The number of nitrogens with zero attached hydrogens (tertiary/aromatic N) is 1. The van der Waals surface area contributed by atoms with Crippen LogP contribution in [0.4, 0.5) is 5.13 Å². The van der Waals surface area contributed by atoms with Crippen LogP contribution in [-0.2, 0) is 11.2 Å². The van der Waals surface area contributed by atoms with Crippen molar-refractivity contribution in [3.8, 4) is 0 Å². The molecule has 0 spiro atoms. The topological polar surface area (TPSA) is 42.0 Å². The predicted octanol–water partition coefficient (Wildman–Crippen LogP) is 6.16. The molecule has 0 saturated carbocycles. The number of amides is 1. The Morgan fingerprint density at radius 3 is 2.52 bits per heavy atom. The number of thiazole rings is 1. The van der Waals surface area contributed by atoms with Crippen LogP contribution in [0.2, 0.25) is 5.02 Å². The molecule has 1 amide bonds. The van der Waals surface area contributed by atoms with Crippen LogP contribution < -0.4 is 5.32 Å². The van der Waals surface area contributed by atoms with Crippen molar-refractivity contribution >= 4 is 40.1 Å². The minimum atomic E-state index is -0.185. The lowest BCUT2D eigenvalue weighted by molar-refractivity contribution is -0.111. The molecule has 0 radical (unpaired) electrons. The number of hydrogen-bond donors (Lipinski definition) is 1. The maximum atomic E-state index is 12.1. The number of hydrogen-bond acceptors (Lipinski definition) is 3. The third-order valence-corrected chi connectivity index (χ3v) is 5.27. The van der Waals surface area contributed by atoms with Crippen molar-refractivity contribution in [1.82, 2.24) is 4.98 Å². The molecule has 1 aromatic heterocycles. The van der Waals surface area contributed by atoms with Crippen LogP contribution in [0.5, 0.6) is 0 Å². The van der Waals surface area contributed by atoms with Crippen LogP contribution in [-0.4, -0.2) is 10.9 Å². The number of rotatable bonds is 6. The molecule has 0 unspecified atom stereocenters. The Labute approximate surface area is 168 Å². The molecule has 3 rings (SSSR count). The number of aromatic nitrogens is 1. The fraction of sp³-hybridized carbons (Fsp3) is 0.182. The van der Waals surface area contributed by atoms with Crippen LogP contribution in [0.15, 0.2) is 60.8 Å². The molecule has 0 atom stereocenters. The predicted molar refractivity (Wildman–Crippen MR) is 115 cm³/mol. The summed E-state index contributed by atoms with van der Waals surface area (Å²) in [4.78, 5) is 17.5. The highest BCUT2D eigenvalue weighted by molar-refractivity contribution is 7.15. The summed E-state index contributed by atoms with van der Waals surface area (Å²) >= 11 is 7.38. The molecule has 0 saturated heterocycles. The van der Waals surface area contributed by atoms with Gasteiger partial charge in [0.15, 0.2) is 5.13 Å². The number of halogens is 1. The highest BCUT2D eigenvalue weighted by Gasteiger charge is 2.06. The van der Waals surface area contributed by atoms with Crippen molar-refractivity contribution < 1.29 is 4.79 Å². The number of carbonyl (C=O) groups excluding carboxylic acids is 1. The van der Waals surface area contributed by atoms with Gasteiger partial charge in [-0.25, -0.2) is 4.98 Å². The molecule has 5 heteroatoms. The van der Waals surface area contributed by atoms with Gasteiger partial charge in [0.25, 0.3) is 0 Å². The van der Waals surface area contributed by atoms with Crippen LogP contribution in [0.3, 0.4) is 0 Å². The average Bonchev–Trinajstić information content (AvgIpc) is 3.09. The Kier molecular flexibility index (Phi) is 6.43. The zero-order valence-corrected chi connectivity index (χ0v) is 16.8. The maximum absolute atomic E-state index is 12.1. The van der Waals surface area contributed by atoms with E-state index in [0.717, 1.165) is 27.4 Å². The van der Waals surface area contributed by atoms with E-state index >= 15 is 0 Å². The molecule has 1 N–H and O–H groups in total. The van der Waals surface area contributed by atoms with Gasteiger partial charge in [0.05, 0.1) is 0 Å². The van der Waals surface area contributed by atoms with Crippen molar-refractivity contribution in [2.75, 3.05) is 5.32 Å². The minimum absolute atomic E-state index is 0.185. The zero-order valence-electron chi connectivity index (χ0n) is 15.3. The summed E-state index contributed by atoms with van der Waals surface area (Å²) in [6.07, 6.45) is 5.90. The molecule has 27 heavy (non-hydrogen) atoms. The number of carbonyl (C=O) groups is 1. The molecule has 3 aromatic rings. The fourth-order valence-electron chi connectivity index (χ4n) is 2.56. The maximum Gasteiger partial charge on any atom is 0.250 e. The van der Waals surface area contributed by atoms with Gasteiger partial charge in [-0.05, 0) is 40.8 Å². The van der Waals surface area contributed by atoms with E-state index < -0.39 is 0 Å². The van der Waals surface area contributed by atoms with E-state index in [-0.39, 0.29) is 5.91 Å². The quantitative estimate of drug-likeness (QED) is 0.507. The molecule has 0 fully saturated rings. The van der Waals surface area contributed by atoms with E-state index in [0.29, 0.717) is 11.0 Å². The van der Waals surface area contributed by atoms with Gasteiger partial charge in [-0.1, -0.05) is 61.8 Å². The van der Waals surface area contributed by atoms with E-state index in [1.54, 1.807) is 6.20 Å². The van der Waals surface area contributed by atoms with Crippen molar-refractivity contribution in [2.45, 2.75) is 26.2 Å². The second-order valence-corrected chi connectivity index (χ2v) is 8.13. The van der Waals surface area contributed by atoms with Crippen LogP contribution in [0, 0.1) is 0 Å². The van der Waals surface area contributed by atoms with Crippen molar-refractivity contribution in [3.05, 3.63) is 87.4 Å². The molecular formula is C22H21ClN2OS. The molecule has 3 nitrogen and oxygen atoms in total. The monoisotopic (exact) mass is 396 g/mol. The SMILES string of the molecule is CC(C)c1ccc(/C=C/C(=O)Nc2ncc(Cc3ccc(Cl)cc3)s2)cc1. The standard InChI is InChI=1S/C22H21ClN2OS/c1-15(2)18-8-3-16(4-9-18)7-12-21(26)25-22-24-14-20(27-22)13-17-5-10-19(23)11-6-17/h3-12,14-15H,13H2,1-2H3,(H,24,25,26)/b12-7+. The smallest absolute Gasteiger partial charge is 0.250 e. The zero-order chi connectivity index (χ0) is 19.2. The van der Waals surface area contributed by atoms with Crippen LogP contribution in [0.1, 0.15) is 41.3 Å². The first kappa shape index (κ1) is 19.3. The summed E-state index contributed by atoms with van der Waals surface area (Å²) < 4.78 is 0. The first-order valence-corrected chi connectivity index (χ1v) is 9.97. The largest absolute Gasteiger partial charge is 0.298 e. The average molecular weight is 397 g/mol. The Morgan fingerprint density at radius 2 is 1.85 bits per heavy atom. The van der Waals surface area contributed by atoms with Gasteiger partial charge in [-0.3, -0.25) is 10.1 Å². The highest BCUT2D eigenvalue weighted by atomic mass is 35.5. The van der Waals surface area contributed by atoms with Gasteiger partial charge in [0, 0.05) is 28.6 Å². The summed E-state index contributed by atoms with van der Waals surface area (Å²) in [7, 11) is 0. The van der Waals surface area contributed by atoms with Gasteiger partial charge in [-0.2, -0.15) is 0 Å². The van der Waals surface area contributed by atoms with Crippen molar-refractivity contribution in [3.63, 3.8) is 0 Å². The normalized spacial score (nSPS) is 11.3.